The van der Waals surface area contributed by atoms with Crippen LogP contribution >= 0.6 is 23.5 Å². The van der Waals surface area contributed by atoms with Crippen LogP contribution in [0.3, 0.4) is 0 Å². The minimum Gasteiger partial charge on any atom is -0.398 e. The third-order valence-corrected chi connectivity index (χ3v) is 4.41. The summed E-state index contributed by atoms with van der Waals surface area (Å²) in [6.07, 6.45) is 3.72. The Labute approximate surface area is 112 Å². The van der Waals surface area contributed by atoms with Crippen LogP contribution in [0, 0.1) is 6.92 Å². The van der Waals surface area contributed by atoms with Gasteiger partial charge in [-0.15, -0.1) is 36.7 Å². The van der Waals surface area contributed by atoms with Gasteiger partial charge in [-0.05, 0) is 18.6 Å². The second kappa shape index (κ2) is 6.67. The summed E-state index contributed by atoms with van der Waals surface area (Å²) in [5, 5.41) is 0. The Kier molecular flexibility index (Phi) is 5.51. The van der Waals surface area contributed by atoms with Crippen molar-refractivity contribution in [3.8, 4) is 0 Å². The normalized spacial score (nSPS) is 10.2. The summed E-state index contributed by atoms with van der Waals surface area (Å²) in [5.41, 5.74) is 14.8. The van der Waals surface area contributed by atoms with E-state index in [9.17, 15) is 0 Å². The van der Waals surface area contributed by atoms with Gasteiger partial charge in [0.15, 0.2) is 0 Å². The average Bonchev–Trinajstić information content (AvgIpc) is 2.32. The van der Waals surface area contributed by atoms with Crippen LogP contribution < -0.4 is 11.5 Å². The largest absolute Gasteiger partial charge is 0.398 e. The van der Waals surface area contributed by atoms with Gasteiger partial charge in [0.2, 0.25) is 0 Å². The molecular weight excluding hydrogens is 248 g/mol. The van der Waals surface area contributed by atoms with E-state index in [4.69, 9.17) is 11.5 Å². The zero-order chi connectivity index (χ0) is 12.8. The molecule has 2 nitrogen and oxygen atoms in total. The lowest BCUT2D eigenvalue weighted by molar-refractivity contribution is 1.28. The molecule has 0 aliphatic rings. The highest BCUT2D eigenvalue weighted by Gasteiger charge is 2.12. The fourth-order valence-corrected chi connectivity index (χ4v) is 3.10. The molecule has 0 saturated carbocycles. The maximum atomic E-state index is 6.14. The molecule has 0 spiro atoms. The Bertz CT molecular complexity index is 428. The lowest BCUT2D eigenvalue weighted by atomic mass is 10.2. The zero-order valence-electron chi connectivity index (χ0n) is 10.0. The van der Waals surface area contributed by atoms with Crippen molar-refractivity contribution in [3.63, 3.8) is 0 Å². The molecule has 0 aliphatic carbocycles. The van der Waals surface area contributed by atoms with Crippen molar-refractivity contribution in [3.05, 3.63) is 36.9 Å². The van der Waals surface area contributed by atoms with Gasteiger partial charge in [-0.25, -0.2) is 0 Å². The summed E-state index contributed by atoms with van der Waals surface area (Å²) in [5.74, 6) is 1.66. The lowest BCUT2D eigenvalue weighted by Crippen LogP contribution is -2.00. The maximum Gasteiger partial charge on any atom is 0.0611 e. The Morgan fingerprint density at radius 1 is 1.12 bits per heavy atom. The maximum absolute atomic E-state index is 6.14. The molecular formula is C13H18N2S2. The monoisotopic (exact) mass is 266 g/mol. The molecule has 0 amide bonds. The van der Waals surface area contributed by atoms with Crippen molar-refractivity contribution in [1.29, 1.82) is 0 Å². The molecule has 1 rings (SSSR count). The van der Waals surface area contributed by atoms with Gasteiger partial charge < -0.3 is 11.5 Å². The second-order valence-electron chi connectivity index (χ2n) is 3.55. The molecule has 0 saturated heterocycles. The number of rotatable bonds is 6. The van der Waals surface area contributed by atoms with Gasteiger partial charge in [0.05, 0.1) is 16.3 Å². The van der Waals surface area contributed by atoms with E-state index in [1.54, 1.807) is 23.5 Å². The number of benzene rings is 1. The summed E-state index contributed by atoms with van der Waals surface area (Å²) in [6.45, 7) is 9.43. The highest BCUT2D eigenvalue weighted by molar-refractivity contribution is 8.00. The standard InChI is InChI=1S/C13H18N2S2/c1-4-6-16-10-8-9(3)11(14)13(12(10)15)17-7-5-2/h4-5,8H,1-2,6-7,14-15H2,3H3. The van der Waals surface area contributed by atoms with Crippen LogP contribution in [0.15, 0.2) is 41.2 Å². The van der Waals surface area contributed by atoms with Crippen LogP contribution in [0.1, 0.15) is 5.56 Å². The Balaban J connectivity index is 3.11. The molecule has 0 aliphatic heterocycles. The third-order valence-electron chi connectivity index (χ3n) is 2.23. The van der Waals surface area contributed by atoms with Crippen LogP contribution in [0.4, 0.5) is 11.4 Å². The van der Waals surface area contributed by atoms with Gasteiger partial charge in [0.1, 0.15) is 0 Å². The molecule has 0 atom stereocenters. The summed E-state index contributed by atoms with van der Waals surface area (Å²) in [7, 11) is 0. The van der Waals surface area contributed by atoms with Crippen molar-refractivity contribution in [2.24, 2.45) is 0 Å². The van der Waals surface area contributed by atoms with E-state index in [-0.39, 0.29) is 0 Å². The van der Waals surface area contributed by atoms with Crippen LogP contribution in [-0.2, 0) is 0 Å². The van der Waals surface area contributed by atoms with Gasteiger partial charge in [-0.2, -0.15) is 0 Å². The summed E-state index contributed by atoms with van der Waals surface area (Å²) < 4.78 is 0. The molecule has 4 N–H and O–H groups in total. The Morgan fingerprint density at radius 2 is 1.71 bits per heavy atom. The quantitative estimate of drug-likeness (QED) is 0.468. The number of hydrogen-bond donors (Lipinski definition) is 2. The molecule has 0 radical (unpaired) electrons. The van der Waals surface area contributed by atoms with Gasteiger partial charge in [0.25, 0.3) is 0 Å². The smallest absolute Gasteiger partial charge is 0.0611 e. The fourth-order valence-electron chi connectivity index (χ4n) is 1.35. The SMILES string of the molecule is C=CCSc1cc(C)c(N)c(SCC=C)c1N. The number of hydrogen-bond acceptors (Lipinski definition) is 4. The number of nitrogens with two attached hydrogens (primary N) is 2. The molecule has 17 heavy (non-hydrogen) atoms. The average molecular weight is 266 g/mol. The first-order chi connectivity index (χ1) is 8.11. The highest BCUT2D eigenvalue weighted by atomic mass is 32.2. The number of anilines is 2. The zero-order valence-corrected chi connectivity index (χ0v) is 11.7. The summed E-state index contributed by atoms with van der Waals surface area (Å²) >= 11 is 3.31. The number of nitrogen functional groups attached to an aromatic ring is 2. The van der Waals surface area contributed by atoms with E-state index in [1.165, 1.54) is 0 Å². The predicted octanol–water partition coefficient (Wildman–Crippen LogP) is 3.72. The summed E-state index contributed by atoms with van der Waals surface area (Å²) in [4.78, 5) is 2.04. The Morgan fingerprint density at radius 3 is 2.29 bits per heavy atom. The van der Waals surface area contributed by atoms with Gasteiger partial charge in [-0.1, -0.05) is 12.2 Å². The molecule has 4 heteroatoms. The summed E-state index contributed by atoms with van der Waals surface area (Å²) in [6, 6.07) is 2.04. The molecule has 1 aromatic carbocycles. The van der Waals surface area contributed by atoms with Gasteiger partial charge >= 0.3 is 0 Å². The minimum atomic E-state index is 0.770. The second-order valence-corrected chi connectivity index (χ2v) is 5.64. The molecule has 1 aromatic rings. The van der Waals surface area contributed by atoms with Crippen molar-refractivity contribution in [1.82, 2.24) is 0 Å². The van der Waals surface area contributed by atoms with Crippen LogP contribution in [0.2, 0.25) is 0 Å². The first-order valence-corrected chi connectivity index (χ1v) is 7.24. The van der Waals surface area contributed by atoms with E-state index < -0.39 is 0 Å². The van der Waals surface area contributed by atoms with Crippen molar-refractivity contribution >= 4 is 34.9 Å². The van der Waals surface area contributed by atoms with Crippen molar-refractivity contribution in [2.75, 3.05) is 23.0 Å². The predicted molar refractivity (Wildman–Crippen MR) is 81.8 cm³/mol. The molecule has 92 valence electrons. The van der Waals surface area contributed by atoms with E-state index in [1.807, 2.05) is 25.1 Å². The first kappa shape index (κ1) is 14.1. The van der Waals surface area contributed by atoms with E-state index >= 15 is 0 Å². The topological polar surface area (TPSA) is 52.0 Å². The fraction of sp³-hybridized carbons (Fsp3) is 0.231. The highest BCUT2D eigenvalue weighted by Crippen LogP contribution is 2.40. The van der Waals surface area contributed by atoms with E-state index in [0.717, 1.165) is 38.2 Å². The molecule has 0 aromatic heterocycles. The third kappa shape index (κ3) is 3.48. The lowest BCUT2D eigenvalue weighted by Gasteiger charge is -2.14. The number of thioether (sulfide) groups is 2. The molecule has 0 fully saturated rings. The van der Waals surface area contributed by atoms with Crippen LogP contribution in [0.5, 0.6) is 0 Å². The van der Waals surface area contributed by atoms with Crippen molar-refractivity contribution in [2.45, 2.75) is 16.7 Å². The molecule has 0 heterocycles. The Hall–Kier alpha value is -1.00. The van der Waals surface area contributed by atoms with Gasteiger partial charge in [0, 0.05) is 16.4 Å². The van der Waals surface area contributed by atoms with Crippen molar-refractivity contribution < 1.29 is 0 Å². The number of aryl methyl sites for hydroxylation is 1. The van der Waals surface area contributed by atoms with Crippen LogP contribution in [-0.4, -0.2) is 11.5 Å². The molecule has 0 bridgehead atoms. The first-order valence-electron chi connectivity index (χ1n) is 5.27. The van der Waals surface area contributed by atoms with E-state index in [0.29, 0.717) is 0 Å². The van der Waals surface area contributed by atoms with Crippen LogP contribution in [0.25, 0.3) is 0 Å². The minimum absolute atomic E-state index is 0.770. The van der Waals surface area contributed by atoms with E-state index in [2.05, 4.69) is 13.2 Å². The molecule has 0 unspecified atom stereocenters. The van der Waals surface area contributed by atoms with Gasteiger partial charge in [-0.3, -0.25) is 0 Å².